The minimum absolute atomic E-state index is 0.000712. The van der Waals surface area contributed by atoms with Crippen molar-refractivity contribution in [2.75, 3.05) is 5.75 Å². The van der Waals surface area contributed by atoms with Crippen LogP contribution < -0.4 is 5.32 Å². The van der Waals surface area contributed by atoms with Crippen molar-refractivity contribution in [2.45, 2.75) is 50.7 Å². The zero-order chi connectivity index (χ0) is 28.1. The fraction of sp³-hybridized carbons (Fsp3) is 0.310. The van der Waals surface area contributed by atoms with E-state index in [9.17, 15) is 15.0 Å². The fourth-order valence-corrected chi connectivity index (χ4v) is 5.56. The first-order valence-electron chi connectivity index (χ1n) is 13.0. The van der Waals surface area contributed by atoms with Gasteiger partial charge < -0.3 is 25.0 Å². The van der Waals surface area contributed by atoms with Crippen LogP contribution in [-0.2, 0) is 27.4 Å². The highest BCUT2D eigenvalue weighted by molar-refractivity contribution is 7.99. The number of nitrogens with zero attached hydrogens (tertiary/aromatic N) is 4. The van der Waals surface area contributed by atoms with Gasteiger partial charge >= 0.3 is 0 Å². The van der Waals surface area contributed by atoms with Crippen LogP contribution in [0.5, 0.6) is 5.75 Å². The average Bonchev–Trinajstić information content (AvgIpc) is 3.45. The van der Waals surface area contributed by atoms with Crippen LogP contribution in [0.2, 0.25) is 0 Å². The molecule has 2 heterocycles. The second kappa shape index (κ2) is 12.6. The lowest BCUT2D eigenvalue weighted by Gasteiger charge is -2.41. The number of aromatic nitrogens is 4. The van der Waals surface area contributed by atoms with Gasteiger partial charge in [0.2, 0.25) is 11.1 Å². The van der Waals surface area contributed by atoms with Gasteiger partial charge in [-0.1, -0.05) is 67.2 Å². The highest BCUT2D eigenvalue weighted by Crippen LogP contribution is 2.43. The largest absolute Gasteiger partial charge is 0.508 e. The molecule has 0 radical (unpaired) electrons. The van der Waals surface area contributed by atoms with E-state index in [0.717, 1.165) is 27.9 Å². The maximum Gasteiger partial charge on any atom is 0.217 e. The molecule has 0 saturated carbocycles. The molecule has 4 atom stereocenters. The molecule has 3 N–H and O–H groups in total. The van der Waals surface area contributed by atoms with E-state index in [4.69, 9.17) is 9.47 Å². The average molecular weight is 562 g/mol. The summed E-state index contributed by atoms with van der Waals surface area (Å²) in [5.41, 5.74) is 4.43. The van der Waals surface area contributed by atoms with Crippen LogP contribution in [-0.4, -0.2) is 48.2 Å². The molecule has 0 aliphatic carbocycles. The Morgan fingerprint density at radius 2 is 1.65 bits per heavy atom. The van der Waals surface area contributed by atoms with Crippen LogP contribution in [0.1, 0.15) is 48.5 Å². The molecule has 40 heavy (non-hydrogen) atoms. The van der Waals surface area contributed by atoms with Crippen LogP contribution >= 0.6 is 11.8 Å². The maximum absolute atomic E-state index is 11.3. The molecule has 11 heteroatoms. The molecule has 1 aliphatic rings. The summed E-state index contributed by atoms with van der Waals surface area (Å²) in [4.78, 5) is 11.3. The third-order valence-corrected chi connectivity index (χ3v) is 7.84. The van der Waals surface area contributed by atoms with Crippen molar-refractivity contribution in [2.24, 2.45) is 5.92 Å². The van der Waals surface area contributed by atoms with Gasteiger partial charge in [-0.15, -0.1) is 5.10 Å². The smallest absolute Gasteiger partial charge is 0.217 e. The first kappa shape index (κ1) is 27.8. The summed E-state index contributed by atoms with van der Waals surface area (Å²) < 4.78 is 14.7. The van der Waals surface area contributed by atoms with Gasteiger partial charge in [0.25, 0.3) is 0 Å². The number of phenolic OH excluding ortho intramolecular Hbond substituents is 1. The van der Waals surface area contributed by atoms with Gasteiger partial charge in [-0.2, -0.15) is 4.68 Å². The van der Waals surface area contributed by atoms with Gasteiger partial charge in [-0.25, -0.2) is 0 Å². The minimum atomic E-state index is -0.604. The summed E-state index contributed by atoms with van der Waals surface area (Å²) in [6.07, 6.45) is -1.05. The second-order valence-corrected chi connectivity index (χ2v) is 10.7. The van der Waals surface area contributed by atoms with Crippen molar-refractivity contribution in [3.63, 3.8) is 0 Å². The van der Waals surface area contributed by atoms with Crippen LogP contribution in [0.15, 0.2) is 78.0 Å². The number of aliphatic hydroxyl groups is 1. The number of ether oxygens (including phenoxy) is 2. The Balaban J connectivity index is 1.37. The monoisotopic (exact) mass is 561 g/mol. The standard InChI is InChI=1S/C29H31N5O5S/c1-18-26(17-40-29-31-32-33-34(29)24-11-13-25(37)14-12-24)38-28(23-9-3-20(4-10-23)15-30-19(2)36)39-27(18)22-7-5-21(16-35)6-8-22/h3-14,18,26-28,35,37H,15-17H2,1-2H3,(H,30,36). The number of benzene rings is 3. The summed E-state index contributed by atoms with van der Waals surface area (Å²) >= 11 is 1.49. The van der Waals surface area contributed by atoms with E-state index in [0.29, 0.717) is 17.5 Å². The van der Waals surface area contributed by atoms with E-state index in [1.807, 2.05) is 48.5 Å². The predicted octanol–water partition coefficient (Wildman–Crippen LogP) is 4.08. The van der Waals surface area contributed by atoms with Gasteiger partial charge in [0.1, 0.15) is 5.75 Å². The summed E-state index contributed by atoms with van der Waals surface area (Å²) in [6, 6.07) is 22.3. The number of hydrogen-bond acceptors (Lipinski definition) is 9. The third kappa shape index (κ3) is 6.50. The molecule has 0 bridgehead atoms. The molecule has 0 spiro atoms. The Bertz CT molecular complexity index is 1410. The number of carbonyl (C=O) groups excluding carboxylic acids is 1. The van der Waals surface area contributed by atoms with Crippen LogP contribution in [0, 0.1) is 5.92 Å². The molecule has 1 saturated heterocycles. The first-order valence-corrected chi connectivity index (χ1v) is 13.9. The normalized spacial score (nSPS) is 20.8. The zero-order valence-corrected chi connectivity index (χ0v) is 23.0. The number of aliphatic hydroxyl groups excluding tert-OH is 1. The van der Waals surface area contributed by atoms with Crippen molar-refractivity contribution in [1.29, 1.82) is 0 Å². The highest BCUT2D eigenvalue weighted by Gasteiger charge is 2.38. The van der Waals surface area contributed by atoms with Crippen molar-refractivity contribution in [3.05, 3.63) is 95.1 Å². The molecule has 4 aromatic rings. The number of rotatable bonds is 9. The summed E-state index contributed by atoms with van der Waals surface area (Å²) in [6.45, 7) is 4.03. The molecule has 5 rings (SSSR count). The molecule has 1 aliphatic heterocycles. The molecule has 1 amide bonds. The molecule has 1 fully saturated rings. The highest BCUT2D eigenvalue weighted by atomic mass is 32.2. The van der Waals surface area contributed by atoms with E-state index in [2.05, 4.69) is 27.8 Å². The Morgan fingerprint density at radius 3 is 2.33 bits per heavy atom. The molecule has 1 aromatic heterocycles. The van der Waals surface area contributed by atoms with E-state index in [1.54, 1.807) is 28.9 Å². The number of nitrogens with one attached hydrogen (secondary N) is 1. The van der Waals surface area contributed by atoms with E-state index < -0.39 is 6.29 Å². The minimum Gasteiger partial charge on any atom is -0.508 e. The maximum atomic E-state index is 11.3. The van der Waals surface area contributed by atoms with Crippen molar-refractivity contribution in [1.82, 2.24) is 25.5 Å². The lowest BCUT2D eigenvalue weighted by atomic mass is 9.91. The number of thioether (sulfide) groups is 1. The second-order valence-electron chi connectivity index (χ2n) is 9.67. The third-order valence-electron chi connectivity index (χ3n) is 6.83. The Hall–Kier alpha value is -3.77. The van der Waals surface area contributed by atoms with Crippen molar-refractivity contribution >= 4 is 17.7 Å². The van der Waals surface area contributed by atoms with E-state index in [1.165, 1.54) is 18.7 Å². The molecule has 4 unspecified atom stereocenters. The summed E-state index contributed by atoms with van der Waals surface area (Å²) in [5.74, 6) is 0.665. The lowest BCUT2D eigenvalue weighted by Crippen LogP contribution is -2.38. The molecule has 3 aromatic carbocycles. The lowest BCUT2D eigenvalue weighted by molar-refractivity contribution is -0.268. The molecular formula is C29H31N5O5S. The number of phenols is 1. The Kier molecular flexibility index (Phi) is 8.75. The summed E-state index contributed by atoms with van der Waals surface area (Å²) in [7, 11) is 0. The van der Waals surface area contributed by atoms with Crippen LogP contribution in [0.25, 0.3) is 5.69 Å². The van der Waals surface area contributed by atoms with Crippen LogP contribution in [0.4, 0.5) is 0 Å². The predicted molar refractivity (Wildman–Crippen MR) is 148 cm³/mol. The number of tetrazole rings is 1. The summed E-state index contributed by atoms with van der Waals surface area (Å²) in [5, 5.41) is 34.7. The number of hydrogen-bond donors (Lipinski definition) is 3. The van der Waals surface area contributed by atoms with Gasteiger partial charge in [0.05, 0.1) is 24.5 Å². The van der Waals surface area contributed by atoms with Gasteiger partial charge in [0.15, 0.2) is 6.29 Å². The molecule has 208 valence electrons. The number of amides is 1. The fourth-order valence-electron chi connectivity index (χ4n) is 4.51. The van der Waals surface area contributed by atoms with E-state index >= 15 is 0 Å². The Morgan fingerprint density at radius 1 is 0.975 bits per heavy atom. The van der Waals surface area contributed by atoms with Gasteiger partial charge in [-0.3, -0.25) is 4.79 Å². The van der Waals surface area contributed by atoms with Gasteiger partial charge in [0, 0.05) is 30.7 Å². The van der Waals surface area contributed by atoms with Crippen molar-refractivity contribution in [3.8, 4) is 11.4 Å². The van der Waals surface area contributed by atoms with Gasteiger partial charge in [-0.05, 0) is 51.4 Å². The van der Waals surface area contributed by atoms with Crippen molar-refractivity contribution < 1.29 is 24.5 Å². The zero-order valence-electron chi connectivity index (χ0n) is 22.2. The van der Waals surface area contributed by atoms with Crippen LogP contribution in [0.3, 0.4) is 0 Å². The molecular weight excluding hydrogens is 530 g/mol. The SMILES string of the molecule is CC(=O)NCc1ccc(C2OC(CSc3nnnn3-c3ccc(O)cc3)C(C)C(c3ccc(CO)cc3)O2)cc1. The number of carbonyl (C=O) groups is 1. The Labute approximate surface area is 236 Å². The van der Waals surface area contributed by atoms with E-state index in [-0.39, 0.29) is 36.4 Å². The first-order chi connectivity index (χ1) is 19.4. The quantitative estimate of drug-likeness (QED) is 0.259. The number of aromatic hydroxyl groups is 1. The topological polar surface area (TPSA) is 132 Å². The molecule has 10 nitrogen and oxygen atoms in total.